The molecule has 0 aliphatic carbocycles. The Morgan fingerprint density at radius 3 is 0.438 bits per heavy atom. The minimum atomic E-state index is 0. The van der Waals surface area contributed by atoms with Crippen LogP contribution in [0.4, 0.5) is 0 Å². The molecule has 0 unspecified atom stereocenters. The van der Waals surface area contributed by atoms with Crippen molar-refractivity contribution in [1.82, 2.24) is 0 Å². The number of nitrogens with zero attached hydrogens (tertiary/aromatic N) is 5. The number of hydrogen-bond acceptors (Lipinski definition) is 5. The molecule has 10 nitrogen and oxygen atoms in total. The van der Waals surface area contributed by atoms with Crippen molar-refractivity contribution in [2.75, 3.05) is 0 Å². The van der Waals surface area contributed by atoms with E-state index in [4.69, 9.17) is 51.0 Å². The zero-order chi connectivity index (χ0) is 13.5. The SMILES string of the molecule is [N-]=C=O.[N-]=C=O.[N-]=C=O.[N-]=C=O.[N-]=C=O.[V+5]. The fourth-order valence-corrected chi connectivity index (χ4v) is 0. The van der Waals surface area contributed by atoms with Crippen molar-refractivity contribution in [3.8, 4) is 0 Å². The smallest absolute Gasteiger partial charge is 0.724 e. The molecule has 0 fully saturated rings. The largest absolute Gasteiger partial charge is 5.00 e. The maximum absolute atomic E-state index is 8.24. The Kier molecular flexibility index (Phi) is 626. The number of isocyanates is 5. The van der Waals surface area contributed by atoms with E-state index in [0.717, 1.165) is 0 Å². The molecule has 0 aromatic carbocycles. The van der Waals surface area contributed by atoms with Crippen LogP contribution in [0.5, 0.6) is 0 Å². The monoisotopic (exact) mass is 261 g/mol. The third kappa shape index (κ3) is 199. The van der Waals surface area contributed by atoms with Gasteiger partial charge in [-0.1, -0.05) is 0 Å². The molecule has 0 radical (unpaired) electrons. The molecule has 0 amide bonds. The second-order valence-electron chi connectivity index (χ2n) is 0.456. The van der Waals surface area contributed by atoms with Crippen molar-refractivity contribution in [1.29, 1.82) is 0 Å². The van der Waals surface area contributed by atoms with Crippen LogP contribution in [0.3, 0.4) is 0 Å². The van der Waals surface area contributed by atoms with Gasteiger partial charge in [0, 0.05) is 0 Å². The summed E-state index contributed by atoms with van der Waals surface area (Å²) in [6.07, 6.45) is 2.50. The third-order valence-corrected chi connectivity index (χ3v) is 0. The molecule has 0 aromatic rings. The zero-order valence-electron chi connectivity index (χ0n) is 7.22. The van der Waals surface area contributed by atoms with Crippen LogP contribution < -0.4 is 0 Å². The van der Waals surface area contributed by atoms with Crippen LogP contribution >= 0.6 is 0 Å². The molecule has 0 saturated carbocycles. The van der Waals surface area contributed by atoms with Crippen molar-refractivity contribution >= 4 is 30.4 Å². The second kappa shape index (κ2) is 267. The van der Waals surface area contributed by atoms with Crippen molar-refractivity contribution < 1.29 is 42.5 Å². The Morgan fingerprint density at radius 2 is 0.438 bits per heavy atom. The second-order valence-corrected chi connectivity index (χ2v) is 0.456. The maximum atomic E-state index is 8.24. The van der Waals surface area contributed by atoms with Gasteiger partial charge in [-0.15, -0.1) is 0 Å². The molecular weight excluding hydrogens is 261 g/mol. The average Bonchev–Trinajstić information content (AvgIpc) is 2.09. The van der Waals surface area contributed by atoms with E-state index in [0.29, 0.717) is 30.4 Å². The van der Waals surface area contributed by atoms with Crippen LogP contribution in [-0.4, -0.2) is 30.4 Å². The zero-order valence-corrected chi connectivity index (χ0v) is 8.62. The van der Waals surface area contributed by atoms with E-state index in [1.807, 2.05) is 0 Å². The number of carbonyl (C=O) groups excluding carboxylic acids is 5. The van der Waals surface area contributed by atoms with Gasteiger partial charge in [-0.05, 0) is 30.4 Å². The van der Waals surface area contributed by atoms with Crippen molar-refractivity contribution in [3.05, 3.63) is 27.0 Å². The van der Waals surface area contributed by atoms with Gasteiger partial charge >= 0.3 is 18.6 Å². The average molecular weight is 261 g/mol. The molecule has 0 saturated heterocycles. The van der Waals surface area contributed by atoms with Gasteiger partial charge in [-0.2, -0.15) is 0 Å². The Labute approximate surface area is 100 Å². The molecule has 0 spiro atoms. The van der Waals surface area contributed by atoms with Gasteiger partial charge in [0.25, 0.3) is 0 Å². The van der Waals surface area contributed by atoms with Crippen molar-refractivity contribution in [2.24, 2.45) is 0 Å². The minimum Gasteiger partial charge on any atom is -0.724 e. The van der Waals surface area contributed by atoms with E-state index >= 15 is 0 Å². The minimum absolute atomic E-state index is 0. The summed E-state index contributed by atoms with van der Waals surface area (Å²) in [5.41, 5.74) is 0. The van der Waals surface area contributed by atoms with E-state index in [2.05, 4.69) is 0 Å². The fraction of sp³-hybridized carbons (Fsp3) is 0. The quantitative estimate of drug-likeness (QED) is 0.415. The summed E-state index contributed by atoms with van der Waals surface area (Å²) in [5, 5.41) is 33.8. The van der Waals surface area contributed by atoms with Gasteiger partial charge in [-0.25, -0.2) is 0 Å². The number of hydrogen-bond donors (Lipinski definition) is 0. The molecule has 16 heavy (non-hydrogen) atoms. The molecule has 0 atom stereocenters. The van der Waals surface area contributed by atoms with Gasteiger partial charge in [0.15, 0.2) is 0 Å². The maximum Gasteiger partial charge on any atom is 5.00 e. The first-order valence-electron chi connectivity index (χ1n) is 2.14. The first-order valence-corrected chi connectivity index (χ1v) is 2.14. The van der Waals surface area contributed by atoms with Crippen molar-refractivity contribution in [3.63, 3.8) is 0 Å². The number of rotatable bonds is 0. The van der Waals surface area contributed by atoms with Crippen LogP contribution in [0.25, 0.3) is 27.0 Å². The van der Waals surface area contributed by atoms with E-state index < -0.39 is 0 Å². The third-order valence-electron chi connectivity index (χ3n) is 0. The van der Waals surface area contributed by atoms with Crippen molar-refractivity contribution in [2.45, 2.75) is 0 Å². The van der Waals surface area contributed by atoms with E-state index in [9.17, 15) is 0 Å². The van der Waals surface area contributed by atoms with E-state index in [1.54, 1.807) is 0 Å². The summed E-state index contributed by atoms with van der Waals surface area (Å²) >= 11 is 0. The molecule has 0 heterocycles. The Morgan fingerprint density at radius 1 is 0.438 bits per heavy atom. The first kappa shape index (κ1) is 37.5. The Balaban J connectivity index is -0.0000000192. The van der Waals surface area contributed by atoms with Gasteiger partial charge in [-0.3, -0.25) is 24.0 Å². The normalized spacial score (nSPS) is 2.50. The first-order chi connectivity index (χ1) is 7.07. The summed E-state index contributed by atoms with van der Waals surface area (Å²) in [4.78, 5) is 41.2. The van der Waals surface area contributed by atoms with Gasteiger partial charge in [0.05, 0.1) is 0 Å². The summed E-state index contributed by atoms with van der Waals surface area (Å²) in [7, 11) is 0. The van der Waals surface area contributed by atoms with Gasteiger partial charge in [0.1, 0.15) is 0 Å². The van der Waals surface area contributed by atoms with Gasteiger partial charge < -0.3 is 27.0 Å². The summed E-state index contributed by atoms with van der Waals surface area (Å²) < 4.78 is 0. The van der Waals surface area contributed by atoms with Crippen LogP contribution in [0.2, 0.25) is 0 Å². The topological polar surface area (TPSA) is 197 Å². The van der Waals surface area contributed by atoms with Crippen LogP contribution in [0.1, 0.15) is 0 Å². The van der Waals surface area contributed by atoms with E-state index in [-0.39, 0.29) is 18.6 Å². The van der Waals surface area contributed by atoms with Gasteiger partial charge in [0.2, 0.25) is 0 Å². The molecule has 11 heteroatoms. The molecular formula is C5N5O5V. The molecule has 0 bridgehead atoms. The summed E-state index contributed by atoms with van der Waals surface area (Å²) in [5.74, 6) is 0. The summed E-state index contributed by atoms with van der Waals surface area (Å²) in [6, 6.07) is 0. The van der Waals surface area contributed by atoms with Crippen LogP contribution in [0, 0.1) is 0 Å². The Bertz CT molecular complexity index is 204. The fourth-order valence-electron chi connectivity index (χ4n) is 0. The van der Waals surface area contributed by atoms with E-state index in [1.165, 1.54) is 0 Å². The van der Waals surface area contributed by atoms with Crippen LogP contribution in [-0.2, 0) is 42.5 Å². The standard InChI is InChI=1S/5CNO.V/c5*2-1-3;/q5*-1;+5. The molecule has 0 N–H and O–H groups in total. The predicted octanol–water partition coefficient (Wildman–Crippen LogP) is -0.544. The Hall–Kier alpha value is -2.52. The molecule has 0 aliphatic heterocycles. The molecule has 0 aromatic heterocycles. The summed E-state index contributed by atoms with van der Waals surface area (Å²) in [6.45, 7) is 0. The van der Waals surface area contributed by atoms with Crippen LogP contribution in [0.15, 0.2) is 0 Å². The molecule has 0 rings (SSSR count). The predicted molar refractivity (Wildman–Crippen MR) is 45.3 cm³/mol. The molecule has 0 aliphatic rings. The molecule has 80 valence electrons.